The highest BCUT2D eigenvalue weighted by atomic mass is 32.2. The number of nitrogen functional groups attached to an aromatic ring is 1. The van der Waals surface area contributed by atoms with Crippen LogP contribution in [0.25, 0.3) is 0 Å². The number of nitrogens with one attached hydrogen (secondary N) is 1. The molecule has 1 fully saturated rings. The number of carbonyl (C=O) groups is 1. The Bertz CT molecular complexity index is 2140. The van der Waals surface area contributed by atoms with Crippen LogP contribution in [-0.2, 0) is 19.5 Å². The minimum absolute atomic E-state index is 0.0161. The van der Waals surface area contributed by atoms with Crippen LogP contribution in [0.4, 0.5) is 17.2 Å². The van der Waals surface area contributed by atoms with Crippen molar-refractivity contribution in [3.05, 3.63) is 142 Å². The van der Waals surface area contributed by atoms with Gasteiger partial charge in [-0.25, -0.2) is 13.4 Å². The fourth-order valence-electron chi connectivity index (χ4n) is 5.48. The predicted octanol–water partition coefficient (Wildman–Crippen LogP) is 3.29. The van der Waals surface area contributed by atoms with Crippen molar-refractivity contribution in [1.82, 2.24) is 14.5 Å². The SMILES string of the molecule is CN(C)CCOC(c1ccccc1)c1ccccc1.CS(=O)(=O)Nc1ccc([N+](=O)[O-])cc1Oc1ccccc1.NC(=O)c1ncn([C@@H]2O[C@H](CO)[C@@H](O)[C@H]2O)c1N. The van der Waals surface area contributed by atoms with Gasteiger partial charge in [-0.1, -0.05) is 78.9 Å². The number of amides is 1. The van der Waals surface area contributed by atoms with E-state index in [-0.39, 0.29) is 34.7 Å². The van der Waals surface area contributed by atoms with E-state index >= 15 is 0 Å². The Morgan fingerprint density at radius 2 is 1.55 bits per heavy atom. The summed E-state index contributed by atoms with van der Waals surface area (Å²) in [4.78, 5) is 27.1. The Kier molecular flexibility index (Phi) is 16.2. The van der Waals surface area contributed by atoms with E-state index in [0.29, 0.717) is 5.75 Å². The van der Waals surface area contributed by atoms with Crippen molar-refractivity contribution in [2.45, 2.75) is 30.6 Å². The number of non-ortho nitro benzene ring substituents is 1. The lowest BCUT2D eigenvalue weighted by Gasteiger charge is -2.20. The molecule has 310 valence electrons. The second kappa shape index (κ2) is 21.0. The van der Waals surface area contributed by atoms with Gasteiger partial charge in [0, 0.05) is 12.6 Å². The number of nitrogens with zero attached hydrogens (tertiary/aromatic N) is 4. The maximum Gasteiger partial charge on any atom is 0.273 e. The summed E-state index contributed by atoms with van der Waals surface area (Å²) in [6, 6.07) is 33.0. The van der Waals surface area contributed by atoms with Gasteiger partial charge in [-0.15, -0.1) is 0 Å². The molecule has 6 rings (SSSR count). The number of nitro groups is 1. The van der Waals surface area contributed by atoms with E-state index in [1.807, 2.05) is 12.1 Å². The first-order chi connectivity index (χ1) is 27.6. The van der Waals surface area contributed by atoms with E-state index in [1.54, 1.807) is 30.3 Å². The maximum absolute atomic E-state index is 11.3. The Hall–Kier alpha value is -5.93. The molecule has 4 atom stereocenters. The molecule has 0 saturated carbocycles. The number of benzene rings is 4. The molecule has 0 radical (unpaired) electrons. The van der Waals surface area contributed by atoms with Gasteiger partial charge in [0.1, 0.15) is 36.0 Å². The second-order valence-electron chi connectivity index (χ2n) is 13.1. The molecule has 1 aliphatic heterocycles. The van der Waals surface area contributed by atoms with Crippen LogP contribution in [0.2, 0.25) is 0 Å². The zero-order chi connectivity index (χ0) is 42.4. The maximum atomic E-state index is 11.3. The zero-order valence-corrected chi connectivity index (χ0v) is 32.8. The summed E-state index contributed by atoms with van der Waals surface area (Å²) in [5, 5.41) is 39.1. The van der Waals surface area contributed by atoms with Crippen molar-refractivity contribution < 1.29 is 47.7 Å². The number of aromatic nitrogens is 2. The molecule has 19 heteroatoms. The van der Waals surface area contributed by atoms with Crippen molar-refractivity contribution in [1.29, 1.82) is 0 Å². The average molecular weight is 822 g/mol. The highest BCUT2D eigenvalue weighted by Gasteiger charge is 2.44. The Morgan fingerprint density at radius 1 is 0.983 bits per heavy atom. The zero-order valence-electron chi connectivity index (χ0n) is 31.9. The van der Waals surface area contributed by atoms with E-state index in [0.717, 1.165) is 19.4 Å². The number of ether oxygens (including phenoxy) is 3. The fourth-order valence-corrected chi connectivity index (χ4v) is 6.04. The quantitative estimate of drug-likeness (QED) is 0.0694. The smallest absolute Gasteiger partial charge is 0.273 e. The Labute approximate surface area is 335 Å². The number of sulfonamides is 1. The molecule has 58 heavy (non-hydrogen) atoms. The number of nitrogens with two attached hydrogens (primary N) is 2. The van der Waals surface area contributed by atoms with Crippen LogP contribution in [0.3, 0.4) is 0 Å². The first kappa shape index (κ1) is 44.8. The van der Waals surface area contributed by atoms with Gasteiger partial charge in [-0.2, -0.15) is 0 Å². The summed E-state index contributed by atoms with van der Waals surface area (Å²) in [5.41, 5.74) is 12.9. The largest absolute Gasteiger partial charge is 0.455 e. The number of aliphatic hydroxyl groups is 3. The van der Waals surface area contributed by atoms with Crippen LogP contribution in [0.15, 0.2) is 116 Å². The molecule has 8 N–H and O–H groups in total. The molecule has 2 heterocycles. The first-order valence-corrected chi connectivity index (χ1v) is 19.6. The third-order valence-corrected chi connectivity index (χ3v) is 8.92. The molecule has 1 aliphatic rings. The number of para-hydroxylation sites is 1. The number of carbonyl (C=O) groups excluding carboxylic acids is 1. The third kappa shape index (κ3) is 12.8. The summed E-state index contributed by atoms with van der Waals surface area (Å²) in [6.07, 6.45) is -2.32. The molecule has 4 aromatic carbocycles. The number of likely N-dealkylation sites (N-methyl/N-ethyl adjacent to an activating group) is 1. The minimum atomic E-state index is -3.52. The Morgan fingerprint density at radius 3 is 2.02 bits per heavy atom. The van der Waals surface area contributed by atoms with Crippen molar-refractivity contribution >= 4 is 33.1 Å². The number of imidazole rings is 1. The molecule has 5 aromatic rings. The molecule has 0 bridgehead atoms. The van der Waals surface area contributed by atoms with Gasteiger partial charge in [-0.3, -0.25) is 24.2 Å². The normalized spacial score (nSPS) is 17.4. The van der Waals surface area contributed by atoms with Gasteiger partial charge in [0.05, 0.1) is 42.5 Å². The lowest BCUT2D eigenvalue weighted by atomic mass is 10.0. The molecular formula is C39H47N7O11S. The molecule has 0 spiro atoms. The summed E-state index contributed by atoms with van der Waals surface area (Å²) in [7, 11) is 0.593. The number of primary amides is 1. The number of hydrogen-bond donors (Lipinski definition) is 6. The van der Waals surface area contributed by atoms with Crippen LogP contribution >= 0.6 is 0 Å². The van der Waals surface area contributed by atoms with Crippen LogP contribution in [0.1, 0.15) is 33.9 Å². The lowest BCUT2D eigenvalue weighted by Crippen LogP contribution is -2.33. The van der Waals surface area contributed by atoms with Crippen LogP contribution < -0.4 is 20.9 Å². The van der Waals surface area contributed by atoms with E-state index in [1.165, 1.54) is 40.2 Å². The minimum Gasteiger partial charge on any atom is -0.455 e. The lowest BCUT2D eigenvalue weighted by molar-refractivity contribution is -0.384. The highest BCUT2D eigenvalue weighted by molar-refractivity contribution is 7.92. The standard InChI is InChI=1S/C17H21NO.C13H12N2O5S.C9H14N4O5/c1-18(2)13-14-19-17(15-9-5-3-6-10-15)16-11-7-4-8-12-16;1-21(18,19)14-12-8-7-10(15(16)17)9-13(12)20-11-5-3-2-4-6-11;10-7-4(8(11)17)12-2-13(7)9-6(16)5(15)3(1-14)18-9/h3-12,17H,13-14H2,1-2H3;2-9,14H,1H3;2-3,5-6,9,14-16H,1,10H2,(H2,11,17)/t;;3-,5-,6-,9-/m..1/s1. The monoisotopic (exact) mass is 821 g/mol. The molecule has 0 unspecified atom stereocenters. The van der Waals surface area contributed by atoms with Gasteiger partial charge in [0.15, 0.2) is 17.7 Å². The molecule has 18 nitrogen and oxygen atoms in total. The summed E-state index contributed by atoms with van der Waals surface area (Å²) < 4.78 is 42.9. The number of rotatable bonds is 14. The van der Waals surface area contributed by atoms with Crippen LogP contribution in [0, 0.1) is 10.1 Å². The summed E-state index contributed by atoms with van der Waals surface area (Å²) in [6.45, 7) is 1.20. The molecule has 1 amide bonds. The van der Waals surface area contributed by atoms with Crippen molar-refractivity contribution in [3.8, 4) is 11.5 Å². The fraction of sp³-hybridized carbons (Fsp3) is 0.282. The number of aliphatic hydroxyl groups excluding tert-OH is 3. The van der Waals surface area contributed by atoms with Gasteiger partial charge >= 0.3 is 0 Å². The van der Waals surface area contributed by atoms with Gasteiger partial charge in [0.25, 0.3) is 11.6 Å². The van der Waals surface area contributed by atoms with Crippen molar-refractivity contribution in [2.75, 3.05) is 50.6 Å². The highest BCUT2D eigenvalue weighted by Crippen LogP contribution is 2.34. The van der Waals surface area contributed by atoms with Gasteiger partial charge in [0.2, 0.25) is 10.0 Å². The third-order valence-electron chi connectivity index (χ3n) is 8.33. The Balaban J connectivity index is 0.000000193. The predicted molar refractivity (Wildman–Crippen MR) is 215 cm³/mol. The van der Waals surface area contributed by atoms with Crippen LogP contribution in [0.5, 0.6) is 11.5 Å². The number of nitro benzene ring substituents is 1. The van der Waals surface area contributed by atoms with Gasteiger partial charge < -0.3 is 45.9 Å². The molecule has 1 aromatic heterocycles. The summed E-state index contributed by atoms with van der Waals surface area (Å²) >= 11 is 0. The summed E-state index contributed by atoms with van der Waals surface area (Å²) in [5.74, 6) is -0.384. The number of anilines is 2. The molecule has 0 aliphatic carbocycles. The van der Waals surface area contributed by atoms with E-state index < -0.39 is 52.0 Å². The van der Waals surface area contributed by atoms with E-state index in [4.69, 9.17) is 30.8 Å². The van der Waals surface area contributed by atoms with Crippen LogP contribution in [-0.4, -0.2) is 107 Å². The molecular weight excluding hydrogens is 775 g/mol. The average Bonchev–Trinajstić information content (AvgIpc) is 3.72. The van der Waals surface area contributed by atoms with E-state index in [9.17, 15) is 33.5 Å². The second-order valence-corrected chi connectivity index (χ2v) is 14.8. The van der Waals surface area contributed by atoms with E-state index in [2.05, 4.69) is 77.2 Å². The first-order valence-electron chi connectivity index (χ1n) is 17.7. The topological polar surface area (TPSA) is 268 Å². The van der Waals surface area contributed by atoms with Gasteiger partial charge in [-0.05, 0) is 43.4 Å². The number of hydrogen-bond acceptors (Lipinski definition) is 14. The van der Waals surface area contributed by atoms with Crippen molar-refractivity contribution in [3.63, 3.8) is 0 Å². The molecule has 1 saturated heterocycles. The van der Waals surface area contributed by atoms with Crippen molar-refractivity contribution in [2.24, 2.45) is 5.73 Å².